The van der Waals surface area contributed by atoms with Crippen LogP contribution in [0.3, 0.4) is 0 Å². The lowest BCUT2D eigenvalue weighted by Crippen LogP contribution is -2.46. The number of hydrogen-bond acceptors (Lipinski definition) is 6. The molecule has 0 aliphatic carbocycles. The zero-order chi connectivity index (χ0) is 20.9. The predicted octanol–water partition coefficient (Wildman–Crippen LogP) is 1.58. The van der Waals surface area contributed by atoms with Gasteiger partial charge in [-0.3, -0.25) is 14.7 Å². The van der Waals surface area contributed by atoms with Gasteiger partial charge in [-0.15, -0.1) is 0 Å². The third kappa shape index (κ3) is 7.91. The second-order valence-electron chi connectivity index (χ2n) is 6.85. The summed E-state index contributed by atoms with van der Waals surface area (Å²) in [6, 6.07) is 8.43. The minimum absolute atomic E-state index is 0.166. The van der Waals surface area contributed by atoms with Crippen LogP contribution in [0, 0.1) is 0 Å². The number of guanidine groups is 1. The van der Waals surface area contributed by atoms with Crippen molar-refractivity contribution in [3.8, 4) is 5.75 Å². The molecule has 1 saturated heterocycles. The third-order valence-corrected chi connectivity index (χ3v) is 5.00. The average Bonchev–Trinajstić information content (AvgIpc) is 2.78. The number of nitrogens with zero attached hydrogens (tertiary/aromatic N) is 2. The normalized spacial score (nSPS) is 16.2. The Labute approximate surface area is 173 Å². The van der Waals surface area contributed by atoms with Gasteiger partial charge < -0.3 is 24.8 Å². The Morgan fingerprint density at radius 1 is 1.17 bits per heavy atom. The minimum atomic E-state index is -0.166. The molecule has 0 aromatic heterocycles. The molecule has 1 unspecified atom stereocenters. The van der Waals surface area contributed by atoms with Gasteiger partial charge in [0.15, 0.2) is 5.96 Å². The summed E-state index contributed by atoms with van der Waals surface area (Å²) in [7, 11) is 4.86. The maximum atomic E-state index is 11.2. The van der Waals surface area contributed by atoms with Crippen LogP contribution in [-0.4, -0.2) is 77.5 Å². The highest BCUT2D eigenvalue weighted by Gasteiger charge is 2.23. The van der Waals surface area contributed by atoms with E-state index in [0.717, 1.165) is 63.9 Å². The fourth-order valence-electron chi connectivity index (χ4n) is 3.29. The van der Waals surface area contributed by atoms with E-state index < -0.39 is 0 Å². The van der Waals surface area contributed by atoms with Gasteiger partial charge in [-0.2, -0.15) is 0 Å². The van der Waals surface area contributed by atoms with E-state index in [0.29, 0.717) is 6.42 Å². The Hall–Kier alpha value is -2.32. The highest BCUT2D eigenvalue weighted by atomic mass is 16.5. The molecule has 0 saturated carbocycles. The lowest BCUT2D eigenvalue weighted by atomic mass is 10.0. The lowest BCUT2D eigenvalue weighted by Gasteiger charge is -2.35. The molecule has 29 heavy (non-hydrogen) atoms. The number of hydrogen-bond donors (Lipinski definition) is 2. The van der Waals surface area contributed by atoms with Crippen molar-refractivity contribution in [2.75, 3.05) is 60.7 Å². The van der Waals surface area contributed by atoms with Crippen LogP contribution in [0.15, 0.2) is 29.3 Å². The van der Waals surface area contributed by atoms with Gasteiger partial charge in [-0.1, -0.05) is 12.1 Å². The van der Waals surface area contributed by atoms with Crippen molar-refractivity contribution in [1.82, 2.24) is 15.5 Å². The maximum absolute atomic E-state index is 11.2. The van der Waals surface area contributed by atoms with E-state index >= 15 is 0 Å². The largest absolute Gasteiger partial charge is 0.497 e. The second-order valence-corrected chi connectivity index (χ2v) is 6.85. The van der Waals surface area contributed by atoms with E-state index in [-0.39, 0.29) is 12.0 Å². The van der Waals surface area contributed by atoms with Crippen molar-refractivity contribution in [3.63, 3.8) is 0 Å². The van der Waals surface area contributed by atoms with E-state index in [1.165, 1.54) is 12.7 Å². The van der Waals surface area contributed by atoms with Gasteiger partial charge in [0.05, 0.1) is 33.5 Å². The Kier molecular flexibility index (Phi) is 10.3. The van der Waals surface area contributed by atoms with E-state index in [2.05, 4.69) is 37.4 Å². The highest BCUT2D eigenvalue weighted by Crippen LogP contribution is 2.23. The molecule has 0 radical (unpaired) electrons. The number of ether oxygens (including phenoxy) is 3. The van der Waals surface area contributed by atoms with E-state index in [9.17, 15) is 4.79 Å². The van der Waals surface area contributed by atoms with Gasteiger partial charge in [0.2, 0.25) is 0 Å². The number of aliphatic imine (C=N–C) groups is 1. The monoisotopic (exact) mass is 406 g/mol. The second kappa shape index (κ2) is 13.0. The topological polar surface area (TPSA) is 84.4 Å². The van der Waals surface area contributed by atoms with Crippen LogP contribution < -0.4 is 15.4 Å². The Bertz CT molecular complexity index is 630. The van der Waals surface area contributed by atoms with Crippen LogP contribution in [0.1, 0.15) is 30.9 Å². The Balaban J connectivity index is 1.88. The van der Waals surface area contributed by atoms with Gasteiger partial charge in [0, 0.05) is 39.6 Å². The predicted molar refractivity (Wildman–Crippen MR) is 113 cm³/mol. The first kappa shape index (κ1) is 23.0. The highest BCUT2D eigenvalue weighted by molar-refractivity contribution is 5.79. The molecule has 1 aliphatic rings. The summed E-state index contributed by atoms with van der Waals surface area (Å²) in [5.41, 5.74) is 1.23. The van der Waals surface area contributed by atoms with Gasteiger partial charge >= 0.3 is 5.97 Å². The van der Waals surface area contributed by atoms with Crippen molar-refractivity contribution in [3.05, 3.63) is 29.8 Å². The summed E-state index contributed by atoms with van der Waals surface area (Å²) < 4.78 is 15.5. The molecule has 2 rings (SSSR count). The van der Waals surface area contributed by atoms with Crippen LogP contribution in [-0.2, 0) is 14.3 Å². The fourth-order valence-corrected chi connectivity index (χ4v) is 3.29. The summed E-state index contributed by atoms with van der Waals surface area (Å²) in [5.74, 6) is 1.45. The number of benzene rings is 1. The number of esters is 1. The number of methoxy groups -OCH3 is 2. The number of nitrogens with one attached hydrogen (secondary N) is 2. The van der Waals surface area contributed by atoms with Crippen LogP contribution in [0.5, 0.6) is 5.75 Å². The number of unbranched alkanes of at least 4 members (excludes halogenated alkanes) is 1. The summed E-state index contributed by atoms with van der Waals surface area (Å²) in [4.78, 5) is 17.9. The molecule has 1 aliphatic heterocycles. The molecule has 0 amide bonds. The molecule has 162 valence electrons. The number of carbonyl (C=O) groups is 1. The molecule has 2 N–H and O–H groups in total. The SMILES string of the molecule is CN=C(NCCCCC(=O)OC)NCC(c1ccc(OC)cc1)N1CCOCC1. The maximum Gasteiger partial charge on any atom is 0.305 e. The zero-order valence-corrected chi connectivity index (χ0v) is 17.8. The average molecular weight is 407 g/mol. The van der Waals surface area contributed by atoms with Gasteiger partial charge in [-0.25, -0.2) is 0 Å². The Morgan fingerprint density at radius 2 is 1.90 bits per heavy atom. The molecule has 8 heteroatoms. The molecule has 1 atom stereocenters. The lowest BCUT2D eigenvalue weighted by molar-refractivity contribution is -0.140. The van der Waals surface area contributed by atoms with Crippen molar-refractivity contribution in [2.45, 2.75) is 25.3 Å². The smallest absolute Gasteiger partial charge is 0.305 e. The number of rotatable bonds is 10. The number of morpholine rings is 1. The van der Waals surface area contributed by atoms with Crippen LogP contribution in [0.2, 0.25) is 0 Å². The van der Waals surface area contributed by atoms with Gasteiger partial charge in [0.1, 0.15) is 5.75 Å². The molecule has 0 spiro atoms. The molecule has 1 fully saturated rings. The number of carbonyl (C=O) groups excluding carboxylic acids is 1. The molecular weight excluding hydrogens is 372 g/mol. The molecule has 1 aromatic rings. The third-order valence-electron chi connectivity index (χ3n) is 5.00. The first-order chi connectivity index (χ1) is 14.2. The first-order valence-corrected chi connectivity index (χ1v) is 10.1. The van der Waals surface area contributed by atoms with E-state index in [1.54, 1.807) is 14.2 Å². The molecule has 0 bridgehead atoms. The van der Waals surface area contributed by atoms with E-state index in [4.69, 9.17) is 9.47 Å². The standard InChI is InChI=1S/C21H34N4O4/c1-22-21(23-11-5-4-6-20(26)28-3)24-16-19(25-12-14-29-15-13-25)17-7-9-18(27-2)10-8-17/h7-10,19H,4-6,11-16H2,1-3H3,(H2,22,23,24). The summed E-state index contributed by atoms with van der Waals surface area (Å²) >= 11 is 0. The zero-order valence-electron chi connectivity index (χ0n) is 17.8. The van der Waals surface area contributed by atoms with E-state index in [1.807, 2.05) is 12.1 Å². The molecule has 8 nitrogen and oxygen atoms in total. The molecule has 1 heterocycles. The van der Waals surface area contributed by atoms with Crippen LogP contribution in [0.4, 0.5) is 0 Å². The Morgan fingerprint density at radius 3 is 2.52 bits per heavy atom. The first-order valence-electron chi connectivity index (χ1n) is 10.1. The summed E-state index contributed by atoms with van der Waals surface area (Å²) in [5, 5.41) is 6.75. The van der Waals surface area contributed by atoms with Crippen molar-refractivity contribution >= 4 is 11.9 Å². The van der Waals surface area contributed by atoms with Crippen molar-refractivity contribution < 1.29 is 19.0 Å². The summed E-state index contributed by atoms with van der Waals surface area (Å²) in [6.45, 7) is 4.78. The van der Waals surface area contributed by atoms with Gasteiger partial charge in [0.25, 0.3) is 0 Å². The quantitative estimate of drug-likeness (QED) is 0.264. The van der Waals surface area contributed by atoms with Crippen molar-refractivity contribution in [2.24, 2.45) is 4.99 Å². The van der Waals surface area contributed by atoms with Gasteiger partial charge in [-0.05, 0) is 30.5 Å². The van der Waals surface area contributed by atoms with Crippen molar-refractivity contribution in [1.29, 1.82) is 0 Å². The fraction of sp³-hybridized carbons (Fsp3) is 0.619. The minimum Gasteiger partial charge on any atom is -0.497 e. The van der Waals surface area contributed by atoms with Crippen LogP contribution >= 0.6 is 0 Å². The van der Waals surface area contributed by atoms with Crippen LogP contribution in [0.25, 0.3) is 0 Å². The molecule has 1 aromatic carbocycles. The summed E-state index contributed by atoms with van der Waals surface area (Å²) in [6.07, 6.45) is 2.11. The molecular formula is C21H34N4O4.